The molecule has 5 nitrogen and oxygen atoms in total. The van der Waals surface area contributed by atoms with Gasteiger partial charge in [0.25, 0.3) is 5.91 Å². The summed E-state index contributed by atoms with van der Waals surface area (Å²) in [4.78, 5) is 22.3. The monoisotopic (exact) mass is 505 g/mol. The van der Waals surface area contributed by atoms with E-state index in [2.05, 4.69) is 24.0 Å². The number of anilines is 1. The number of thiophene rings is 1. The Kier molecular flexibility index (Phi) is 8.38. The molecule has 1 fully saturated rings. The Balaban J connectivity index is 0.00000256. The Morgan fingerprint density at radius 1 is 1.27 bits per heavy atom. The van der Waals surface area contributed by atoms with Gasteiger partial charge in [0.15, 0.2) is 5.13 Å². The number of rotatable bonds is 6. The summed E-state index contributed by atoms with van der Waals surface area (Å²) in [5.74, 6) is -0.163. The van der Waals surface area contributed by atoms with E-state index in [1.807, 2.05) is 6.07 Å². The number of nitrogens with zero attached hydrogens (tertiary/aromatic N) is 3. The number of ether oxygens (including phenoxy) is 1. The summed E-state index contributed by atoms with van der Waals surface area (Å²) in [5, 5.41) is 0.692. The van der Waals surface area contributed by atoms with Gasteiger partial charge < -0.3 is 4.74 Å². The quantitative estimate of drug-likeness (QED) is 0.435. The number of aryl methyl sites for hydroxylation is 1. The highest BCUT2D eigenvalue weighted by molar-refractivity contribution is 7.22. The minimum atomic E-state index is -0.163. The van der Waals surface area contributed by atoms with Crippen LogP contribution in [0.4, 0.5) is 5.13 Å². The van der Waals surface area contributed by atoms with Crippen molar-refractivity contribution in [3.05, 3.63) is 44.1 Å². The van der Waals surface area contributed by atoms with Crippen LogP contribution in [-0.2, 0) is 11.2 Å². The minimum Gasteiger partial charge on any atom is -0.379 e. The fraction of sp³-hybridized carbons (Fsp3) is 0.400. The number of halogens is 3. The van der Waals surface area contributed by atoms with Gasteiger partial charge in [0, 0.05) is 26.2 Å². The van der Waals surface area contributed by atoms with Crippen LogP contribution in [0.3, 0.4) is 0 Å². The Morgan fingerprint density at radius 2 is 2.03 bits per heavy atom. The zero-order valence-electron chi connectivity index (χ0n) is 16.4. The van der Waals surface area contributed by atoms with Gasteiger partial charge in [-0.15, -0.1) is 23.7 Å². The molecule has 10 heteroatoms. The van der Waals surface area contributed by atoms with Crippen molar-refractivity contribution in [3.63, 3.8) is 0 Å². The van der Waals surface area contributed by atoms with Crippen LogP contribution >= 0.6 is 58.3 Å². The third-order valence-corrected chi connectivity index (χ3v) is 7.51. The number of benzene rings is 1. The van der Waals surface area contributed by atoms with Gasteiger partial charge >= 0.3 is 0 Å². The van der Waals surface area contributed by atoms with Gasteiger partial charge in [0.05, 0.1) is 33.3 Å². The van der Waals surface area contributed by atoms with Crippen molar-refractivity contribution < 1.29 is 9.53 Å². The molecular formula is C20H22Cl3N3O2S2. The molecule has 0 aliphatic carbocycles. The Labute approximate surface area is 200 Å². The van der Waals surface area contributed by atoms with Crippen LogP contribution in [-0.4, -0.2) is 55.2 Å². The fourth-order valence-electron chi connectivity index (χ4n) is 3.38. The lowest BCUT2D eigenvalue weighted by Gasteiger charge is -2.29. The Morgan fingerprint density at radius 3 is 2.70 bits per heavy atom. The second-order valence-electron chi connectivity index (χ2n) is 6.76. The number of carbonyl (C=O) groups excluding carboxylic acids is 1. The molecule has 3 aromatic rings. The SMILES string of the molecule is CCc1cccc2sc(N(CCN3CCOCC3)C(=O)c3cc(Cl)sc3Cl)nc12.Cl. The molecule has 1 saturated heterocycles. The number of amides is 1. The van der Waals surface area contributed by atoms with Crippen molar-refractivity contribution in [2.75, 3.05) is 44.3 Å². The molecule has 30 heavy (non-hydrogen) atoms. The average molecular weight is 507 g/mol. The summed E-state index contributed by atoms with van der Waals surface area (Å²) in [6.45, 7) is 6.58. The van der Waals surface area contributed by atoms with Gasteiger partial charge in [0.2, 0.25) is 0 Å². The molecule has 1 amide bonds. The second kappa shape index (κ2) is 10.6. The second-order valence-corrected chi connectivity index (χ2v) is 10.1. The molecule has 3 heterocycles. The summed E-state index contributed by atoms with van der Waals surface area (Å²) in [5.41, 5.74) is 2.58. The highest BCUT2D eigenvalue weighted by Gasteiger charge is 2.26. The molecule has 0 unspecified atom stereocenters. The molecule has 0 atom stereocenters. The van der Waals surface area contributed by atoms with Crippen LogP contribution < -0.4 is 4.90 Å². The van der Waals surface area contributed by atoms with Crippen LogP contribution in [0.5, 0.6) is 0 Å². The first-order valence-electron chi connectivity index (χ1n) is 9.52. The largest absolute Gasteiger partial charge is 0.379 e. The smallest absolute Gasteiger partial charge is 0.262 e. The summed E-state index contributed by atoms with van der Waals surface area (Å²) >= 11 is 15.1. The zero-order valence-corrected chi connectivity index (χ0v) is 20.4. The number of morpholine rings is 1. The predicted octanol–water partition coefficient (Wildman–Crippen LogP) is 5.63. The number of fused-ring (bicyclic) bond motifs is 1. The summed E-state index contributed by atoms with van der Waals surface area (Å²) < 4.78 is 7.42. The maximum absolute atomic E-state index is 13.4. The van der Waals surface area contributed by atoms with E-state index in [0.29, 0.717) is 25.9 Å². The van der Waals surface area contributed by atoms with Crippen LogP contribution in [0.25, 0.3) is 10.2 Å². The van der Waals surface area contributed by atoms with Gasteiger partial charge in [-0.25, -0.2) is 4.98 Å². The number of hydrogen-bond donors (Lipinski definition) is 0. The standard InChI is InChI=1S/C20H21Cl2N3O2S2.ClH/c1-2-13-4-3-5-15-17(13)23-20(28-15)25(7-6-24-8-10-27-11-9-24)19(26)14-12-16(21)29-18(14)22;/h3-5,12H,2,6-11H2,1H3;1H. The van der Waals surface area contributed by atoms with Gasteiger partial charge in [-0.05, 0) is 24.1 Å². The molecule has 0 spiro atoms. The van der Waals surface area contributed by atoms with Crippen molar-refractivity contribution in [2.45, 2.75) is 13.3 Å². The van der Waals surface area contributed by atoms with E-state index in [-0.39, 0.29) is 18.3 Å². The number of aromatic nitrogens is 1. The topological polar surface area (TPSA) is 45.7 Å². The number of hydrogen-bond acceptors (Lipinski definition) is 6. The van der Waals surface area contributed by atoms with Crippen molar-refractivity contribution in [3.8, 4) is 0 Å². The van der Waals surface area contributed by atoms with Crippen molar-refractivity contribution >= 4 is 79.5 Å². The third kappa shape index (κ3) is 5.10. The zero-order chi connectivity index (χ0) is 20.4. The molecule has 0 bridgehead atoms. The van der Waals surface area contributed by atoms with Gasteiger partial charge in [0.1, 0.15) is 4.34 Å². The Hall–Kier alpha value is -0.930. The maximum Gasteiger partial charge on any atom is 0.262 e. The van der Waals surface area contributed by atoms with E-state index < -0.39 is 0 Å². The molecule has 0 saturated carbocycles. The van der Waals surface area contributed by atoms with Crippen LogP contribution in [0.2, 0.25) is 8.67 Å². The average Bonchev–Trinajstić information content (AvgIpc) is 3.31. The van der Waals surface area contributed by atoms with E-state index in [9.17, 15) is 4.79 Å². The van der Waals surface area contributed by atoms with Crippen molar-refractivity contribution in [1.82, 2.24) is 9.88 Å². The molecule has 0 N–H and O–H groups in total. The first-order chi connectivity index (χ1) is 14.1. The number of carbonyl (C=O) groups is 1. The van der Waals surface area contributed by atoms with Crippen LogP contribution in [0.1, 0.15) is 22.8 Å². The van der Waals surface area contributed by atoms with E-state index in [1.165, 1.54) is 28.2 Å². The molecule has 162 valence electrons. The maximum atomic E-state index is 13.4. The first kappa shape index (κ1) is 23.7. The lowest BCUT2D eigenvalue weighted by atomic mass is 10.1. The van der Waals surface area contributed by atoms with Crippen molar-refractivity contribution in [1.29, 1.82) is 0 Å². The molecule has 1 aliphatic heterocycles. The Bertz CT molecular complexity index is 1020. The predicted molar refractivity (Wildman–Crippen MR) is 130 cm³/mol. The molecule has 0 radical (unpaired) electrons. The van der Waals surface area contributed by atoms with Gasteiger partial charge in [-0.1, -0.05) is 53.6 Å². The lowest BCUT2D eigenvalue weighted by Crippen LogP contribution is -2.43. The van der Waals surface area contributed by atoms with E-state index in [1.54, 1.807) is 11.0 Å². The van der Waals surface area contributed by atoms with E-state index >= 15 is 0 Å². The summed E-state index contributed by atoms with van der Waals surface area (Å²) in [6, 6.07) is 7.82. The lowest BCUT2D eigenvalue weighted by molar-refractivity contribution is 0.0391. The third-order valence-electron chi connectivity index (χ3n) is 4.98. The van der Waals surface area contributed by atoms with E-state index in [0.717, 1.165) is 49.5 Å². The number of para-hydroxylation sites is 1. The molecule has 1 aliphatic rings. The molecule has 1 aromatic carbocycles. The molecule has 2 aromatic heterocycles. The van der Waals surface area contributed by atoms with Crippen molar-refractivity contribution in [2.24, 2.45) is 0 Å². The highest BCUT2D eigenvalue weighted by Crippen LogP contribution is 2.35. The van der Waals surface area contributed by atoms with Gasteiger partial charge in [-0.2, -0.15) is 0 Å². The molecule has 4 rings (SSSR count). The highest BCUT2D eigenvalue weighted by atomic mass is 35.5. The van der Waals surface area contributed by atoms with Crippen LogP contribution in [0.15, 0.2) is 24.3 Å². The normalized spacial score (nSPS) is 14.6. The molecular weight excluding hydrogens is 485 g/mol. The summed E-state index contributed by atoms with van der Waals surface area (Å²) in [7, 11) is 0. The first-order valence-corrected chi connectivity index (χ1v) is 11.9. The number of thiazole rings is 1. The fourth-order valence-corrected chi connectivity index (χ4v) is 5.86. The van der Waals surface area contributed by atoms with Gasteiger partial charge in [-0.3, -0.25) is 14.6 Å². The van der Waals surface area contributed by atoms with E-state index in [4.69, 9.17) is 32.9 Å². The minimum absolute atomic E-state index is 0. The van der Waals surface area contributed by atoms with Crippen LogP contribution in [0, 0.1) is 0 Å². The summed E-state index contributed by atoms with van der Waals surface area (Å²) in [6.07, 6.45) is 0.897.